The van der Waals surface area contributed by atoms with Gasteiger partial charge >= 0.3 is 0 Å². The molecule has 1 saturated heterocycles. The zero-order chi connectivity index (χ0) is 23.3. The largest absolute Gasteiger partial charge is 0.310 e. The number of hydrogen-bond acceptors (Lipinski definition) is 6. The number of aliphatic imine (C=N–C) groups is 1. The van der Waals surface area contributed by atoms with Crippen molar-refractivity contribution in [2.75, 3.05) is 45.1 Å². The zero-order valence-electron chi connectivity index (χ0n) is 19.6. The number of piperazine rings is 1. The third kappa shape index (κ3) is 5.40. The first-order chi connectivity index (χ1) is 16.6. The van der Waals surface area contributed by atoms with E-state index in [9.17, 15) is 4.79 Å². The van der Waals surface area contributed by atoms with E-state index in [2.05, 4.69) is 43.4 Å². The van der Waals surface area contributed by atoms with Crippen molar-refractivity contribution < 1.29 is 4.79 Å². The summed E-state index contributed by atoms with van der Waals surface area (Å²) in [5.41, 5.74) is 5.05. The molecule has 2 aliphatic rings. The van der Waals surface area contributed by atoms with Crippen LogP contribution < -0.4 is 5.32 Å². The van der Waals surface area contributed by atoms with Crippen LogP contribution in [0.4, 0.5) is 11.5 Å². The molecule has 0 unspecified atom stereocenters. The van der Waals surface area contributed by atoms with E-state index in [-0.39, 0.29) is 5.91 Å². The maximum absolute atomic E-state index is 12.5. The predicted molar refractivity (Wildman–Crippen MR) is 136 cm³/mol. The molecule has 0 bridgehead atoms. The van der Waals surface area contributed by atoms with Gasteiger partial charge in [-0.2, -0.15) is 5.10 Å². The number of fused-ring (bicyclic) bond motifs is 1. The molecule has 2 aromatic heterocycles. The van der Waals surface area contributed by atoms with Gasteiger partial charge in [-0.3, -0.25) is 14.8 Å². The van der Waals surface area contributed by atoms with Crippen molar-refractivity contribution in [2.24, 2.45) is 4.99 Å². The molecule has 1 amide bonds. The van der Waals surface area contributed by atoms with Crippen molar-refractivity contribution in [3.63, 3.8) is 0 Å². The van der Waals surface area contributed by atoms with E-state index in [1.165, 1.54) is 18.4 Å². The second kappa shape index (κ2) is 10.3. The number of allylic oxidation sites excluding steroid dienone is 2. The average molecular weight is 458 g/mol. The van der Waals surface area contributed by atoms with Crippen molar-refractivity contribution in [1.82, 2.24) is 25.0 Å². The van der Waals surface area contributed by atoms with Crippen LogP contribution in [0.1, 0.15) is 31.2 Å². The molecule has 0 atom stereocenters. The maximum Gasteiger partial charge on any atom is 0.239 e. The third-order valence-electron chi connectivity index (χ3n) is 6.53. The van der Waals surface area contributed by atoms with E-state index in [1.807, 2.05) is 42.7 Å². The number of anilines is 1. The highest BCUT2D eigenvalue weighted by Gasteiger charge is 2.18. The molecule has 8 heteroatoms. The van der Waals surface area contributed by atoms with E-state index >= 15 is 0 Å². The number of aromatic nitrogens is 3. The second-order valence-corrected chi connectivity index (χ2v) is 9.14. The van der Waals surface area contributed by atoms with Crippen LogP contribution in [0.5, 0.6) is 0 Å². The van der Waals surface area contributed by atoms with Gasteiger partial charge in [0.1, 0.15) is 5.82 Å². The Balaban J connectivity index is 1.33. The lowest BCUT2D eigenvalue weighted by Gasteiger charge is -2.31. The topological polar surface area (TPSA) is 89.5 Å². The van der Waals surface area contributed by atoms with Crippen LogP contribution in [-0.2, 0) is 4.79 Å². The number of amides is 1. The van der Waals surface area contributed by atoms with Gasteiger partial charge in [0.15, 0.2) is 0 Å². The van der Waals surface area contributed by atoms with Gasteiger partial charge in [-0.15, -0.1) is 0 Å². The number of carbonyl (C=O) groups excluding carboxylic acids is 1. The van der Waals surface area contributed by atoms with E-state index in [0.29, 0.717) is 12.4 Å². The lowest BCUT2D eigenvalue weighted by Crippen LogP contribution is -2.47. The zero-order valence-corrected chi connectivity index (χ0v) is 19.6. The average Bonchev–Trinajstić information content (AvgIpc) is 3.33. The first-order valence-electron chi connectivity index (χ1n) is 12.0. The molecular weight excluding hydrogens is 426 g/mol. The van der Waals surface area contributed by atoms with Crippen molar-refractivity contribution in [2.45, 2.75) is 25.7 Å². The van der Waals surface area contributed by atoms with Crippen molar-refractivity contribution in [1.29, 1.82) is 0 Å². The van der Waals surface area contributed by atoms with Crippen molar-refractivity contribution in [3.8, 4) is 0 Å². The number of carbonyl (C=O) groups is 1. The van der Waals surface area contributed by atoms with Gasteiger partial charge in [-0.05, 0) is 68.6 Å². The molecular formula is C26H31N7O. The van der Waals surface area contributed by atoms with Gasteiger partial charge in [0, 0.05) is 43.3 Å². The summed E-state index contributed by atoms with van der Waals surface area (Å²) in [6, 6.07) is 9.93. The van der Waals surface area contributed by atoms with Crippen LogP contribution in [0.15, 0.2) is 59.4 Å². The lowest BCUT2D eigenvalue weighted by molar-refractivity contribution is -0.117. The SMILES string of the molecule is CN1CCN(CC(=O)Nc2ccc(C(=Nc3ccc4[nH]ncc4c3)C3=CCCCC3)cn2)CC1. The number of hydrogen-bond donors (Lipinski definition) is 2. The van der Waals surface area contributed by atoms with E-state index in [4.69, 9.17) is 4.99 Å². The molecule has 34 heavy (non-hydrogen) atoms. The number of benzene rings is 1. The molecule has 0 spiro atoms. The fraction of sp³-hybridized carbons (Fsp3) is 0.385. The minimum absolute atomic E-state index is 0.0258. The first kappa shape index (κ1) is 22.4. The summed E-state index contributed by atoms with van der Waals surface area (Å²) in [5.74, 6) is 0.543. The van der Waals surface area contributed by atoms with Crippen LogP contribution in [0, 0.1) is 0 Å². The number of rotatable bonds is 6. The Labute approximate surface area is 199 Å². The lowest BCUT2D eigenvalue weighted by atomic mass is 9.93. The number of nitrogens with one attached hydrogen (secondary N) is 2. The fourth-order valence-corrected chi connectivity index (χ4v) is 4.50. The van der Waals surface area contributed by atoms with Gasteiger partial charge in [0.2, 0.25) is 5.91 Å². The van der Waals surface area contributed by atoms with E-state index < -0.39 is 0 Å². The second-order valence-electron chi connectivity index (χ2n) is 9.14. The summed E-state index contributed by atoms with van der Waals surface area (Å²) >= 11 is 0. The summed E-state index contributed by atoms with van der Waals surface area (Å²) in [6.45, 7) is 4.20. The summed E-state index contributed by atoms with van der Waals surface area (Å²) in [6.07, 6.45) is 10.4. The van der Waals surface area contributed by atoms with Gasteiger partial charge in [-0.25, -0.2) is 9.98 Å². The highest BCUT2D eigenvalue weighted by Crippen LogP contribution is 2.26. The number of pyridine rings is 1. The molecule has 2 N–H and O–H groups in total. The number of aromatic amines is 1. The molecule has 1 aromatic carbocycles. The molecule has 3 aromatic rings. The highest BCUT2D eigenvalue weighted by atomic mass is 16.2. The third-order valence-corrected chi connectivity index (χ3v) is 6.53. The molecule has 176 valence electrons. The predicted octanol–water partition coefficient (Wildman–Crippen LogP) is 3.77. The van der Waals surface area contributed by atoms with Crippen LogP contribution in [0.2, 0.25) is 0 Å². The van der Waals surface area contributed by atoms with Crippen LogP contribution in [-0.4, -0.2) is 76.4 Å². The summed E-state index contributed by atoms with van der Waals surface area (Å²) in [7, 11) is 2.11. The highest BCUT2D eigenvalue weighted by molar-refractivity contribution is 6.14. The Morgan fingerprint density at radius 3 is 2.76 bits per heavy atom. The quantitative estimate of drug-likeness (QED) is 0.550. The standard InChI is InChI=1S/C26H31N7O/c1-32-11-13-33(14-12-32)18-25(34)30-24-10-7-20(16-27-24)26(19-5-3-2-4-6-19)29-22-8-9-23-21(15-22)17-28-31-23/h5,7-10,15-17H,2-4,6,11-14,18H2,1H3,(H,28,31)(H,27,30,34). The summed E-state index contributed by atoms with van der Waals surface area (Å²) in [4.78, 5) is 26.5. The summed E-state index contributed by atoms with van der Waals surface area (Å²) < 4.78 is 0. The van der Waals surface area contributed by atoms with Crippen LogP contribution in [0.3, 0.4) is 0 Å². The Morgan fingerprint density at radius 2 is 2.00 bits per heavy atom. The van der Waals surface area contributed by atoms with Crippen molar-refractivity contribution >= 4 is 34.0 Å². The summed E-state index contributed by atoms with van der Waals surface area (Å²) in [5, 5.41) is 11.1. The molecule has 0 saturated carbocycles. The van der Waals surface area contributed by atoms with Crippen molar-refractivity contribution in [3.05, 3.63) is 59.9 Å². The Morgan fingerprint density at radius 1 is 1.12 bits per heavy atom. The number of nitrogens with zero attached hydrogens (tertiary/aromatic N) is 5. The fourth-order valence-electron chi connectivity index (χ4n) is 4.50. The van der Waals surface area contributed by atoms with Crippen LogP contribution in [0.25, 0.3) is 10.9 Å². The smallest absolute Gasteiger partial charge is 0.239 e. The first-order valence-corrected chi connectivity index (χ1v) is 12.0. The van der Waals surface area contributed by atoms with E-state index in [1.54, 1.807) is 0 Å². The Hall–Kier alpha value is -3.36. The monoisotopic (exact) mass is 457 g/mol. The normalized spacial score (nSPS) is 18.1. The van der Waals surface area contributed by atoms with E-state index in [0.717, 1.165) is 66.9 Å². The van der Waals surface area contributed by atoms with Gasteiger partial charge in [-0.1, -0.05) is 6.08 Å². The molecule has 3 heterocycles. The molecule has 1 aliphatic carbocycles. The molecule has 1 aliphatic heterocycles. The molecule has 8 nitrogen and oxygen atoms in total. The minimum Gasteiger partial charge on any atom is -0.310 e. The molecule has 0 radical (unpaired) electrons. The van der Waals surface area contributed by atoms with Crippen LogP contribution >= 0.6 is 0 Å². The van der Waals surface area contributed by atoms with Gasteiger partial charge < -0.3 is 10.2 Å². The minimum atomic E-state index is -0.0258. The number of H-pyrrole nitrogens is 1. The molecule has 5 rings (SSSR count). The number of likely N-dealkylation sites (N-methyl/N-ethyl adjacent to an activating group) is 1. The molecule has 1 fully saturated rings. The Bertz CT molecular complexity index is 1200. The maximum atomic E-state index is 12.5. The van der Waals surface area contributed by atoms with Gasteiger partial charge in [0.25, 0.3) is 0 Å². The van der Waals surface area contributed by atoms with Gasteiger partial charge in [0.05, 0.1) is 29.7 Å². The Kier molecular flexibility index (Phi) is 6.78.